The second-order valence-corrected chi connectivity index (χ2v) is 7.74. The van der Waals surface area contributed by atoms with Crippen LogP contribution in [-0.4, -0.2) is 49.5 Å². The molecule has 0 N–H and O–H groups in total. The molecule has 1 saturated heterocycles. The van der Waals surface area contributed by atoms with Crippen molar-refractivity contribution in [1.82, 2.24) is 24.6 Å². The SMILES string of the molecule is Cc1cc(C(=O)N2CCN3C(=O)c4ccncc4C32c2ccc(Cl)cc2)n(C)n1. The number of rotatable bonds is 2. The average molecular weight is 408 g/mol. The summed E-state index contributed by atoms with van der Waals surface area (Å²) in [6, 6.07) is 10.8. The van der Waals surface area contributed by atoms with Gasteiger partial charge in [-0.05, 0) is 31.2 Å². The maximum Gasteiger partial charge on any atom is 0.274 e. The summed E-state index contributed by atoms with van der Waals surface area (Å²) in [6.45, 7) is 2.69. The zero-order chi connectivity index (χ0) is 20.3. The molecule has 2 aliphatic heterocycles. The standard InChI is InChI=1S/C21H18ClN5O2/c1-13-11-18(25(2)24-13)20(29)27-10-9-26-19(28)16-7-8-23-12-17(16)21(26,27)14-3-5-15(22)6-4-14/h3-8,11-12H,9-10H2,1-2H3. The minimum atomic E-state index is -1.06. The first-order valence-corrected chi connectivity index (χ1v) is 9.67. The average Bonchev–Trinajstić information content (AvgIpc) is 3.34. The molecule has 5 rings (SSSR count). The largest absolute Gasteiger partial charge is 0.306 e. The van der Waals surface area contributed by atoms with Crippen molar-refractivity contribution >= 4 is 23.4 Å². The molecule has 4 heterocycles. The third-order valence-electron chi connectivity index (χ3n) is 5.71. The molecule has 2 aliphatic rings. The Balaban J connectivity index is 1.76. The number of carbonyl (C=O) groups excluding carboxylic acids is 2. The molecule has 8 heteroatoms. The summed E-state index contributed by atoms with van der Waals surface area (Å²) in [4.78, 5) is 34.7. The summed E-state index contributed by atoms with van der Waals surface area (Å²) >= 11 is 6.12. The van der Waals surface area contributed by atoms with Gasteiger partial charge in [0, 0.05) is 48.7 Å². The van der Waals surface area contributed by atoms with E-state index in [0.717, 1.165) is 11.3 Å². The fraction of sp³-hybridized carbons (Fsp3) is 0.238. The molecule has 2 aromatic heterocycles. The summed E-state index contributed by atoms with van der Waals surface area (Å²) in [6.07, 6.45) is 3.28. The van der Waals surface area contributed by atoms with Crippen molar-refractivity contribution in [3.8, 4) is 0 Å². The molecule has 0 spiro atoms. The van der Waals surface area contributed by atoms with E-state index in [1.807, 2.05) is 19.1 Å². The monoisotopic (exact) mass is 407 g/mol. The zero-order valence-electron chi connectivity index (χ0n) is 16.0. The molecule has 7 nitrogen and oxygen atoms in total. The van der Waals surface area contributed by atoms with Crippen LogP contribution in [0.4, 0.5) is 0 Å². The molecular weight excluding hydrogens is 390 g/mol. The molecule has 0 bridgehead atoms. The van der Waals surface area contributed by atoms with Crippen molar-refractivity contribution in [2.45, 2.75) is 12.6 Å². The highest BCUT2D eigenvalue weighted by atomic mass is 35.5. The number of pyridine rings is 1. The van der Waals surface area contributed by atoms with Crippen LogP contribution >= 0.6 is 11.6 Å². The van der Waals surface area contributed by atoms with E-state index in [9.17, 15) is 9.59 Å². The molecule has 146 valence electrons. The lowest BCUT2D eigenvalue weighted by Gasteiger charge is -2.40. The van der Waals surface area contributed by atoms with Crippen LogP contribution in [0.2, 0.25) is 5.02 Å². The molecule has 0 radical (unpaired) electrons. The molecule has 3 aromatic rings. The van der Waals surface area contributed by atoms with Crippen LogP contribution in [0.25, 0.3) is 0 Å². The number of hydrogen-bond acceptors (Lipinski definition) is 4. The summed E-state index contributed by atoms with van der Waals surface area (Å²) in [5.41, 5.74) is 2.25. The number of hydrogen-bond donors (Lipinski definition) is 0. The molecule has 1 unspecified atom stereocenters. The summed E-state index contributed by atoms with van der Waals surface area (Å²) < 4.78 is 1.58. The van der Waals surface area contributed by atoms with E-state index in [4.69, 9.17) is 11.6 Å². The summed E-state index contributed by atoms with van der Waals surface area (Å²) in [7, 11) is 1.75. The smallest absolute Gasteiger partial charge is 0.274 e. The van der Waals surface area contributed by atoms with Crippen LogP contribution in [0.1, 0.15) is 37.7 Å². The van der Waals surface area contributed by atoms with Crippen LogP contribution in [-0.2, 0) is 12.7 Å². The van der Waals surface area contributed by atoms with Gasteiger partial charge >= 0.3 is 0 Å². The highest BCUT2D eigenvalue weighted by Crippen LogP contribution is 2.49. The van der Waals surface area contributed by atoms with Crippen LogP contribution in [0.15, 0.2) is 48.8 Å². The minimum Gasteiger partial charge on any atom is -0.306 e. The second kappa shape index (κ2) is 6.15. The molecule has 29 heavy (non-hydrogen) atoms. The summed E-state index contributed by atoms with van der Waals surface area (Å²) in [5.74, 6) is -0.288. The van der Waals surface area contributed by atoms with Gasteiger partial charge in [-0.1, -0.05) is 23.7 Å². The van der Waals surface area contributed by atoms with Gasteiger partial charge in [0.25, 0.3) is 11.8 Å². The Morgan fingerprint density at radius 2 is 1.93 bits per heavy atom. The van der Waals surface area contributed by atoms with Crippen molar-refractivity contribution in [3.63, 3.8) is 0 Å². The Hall–Kier alpha value is -3.19. The van der Waals surface area contributed by atoms with E-state index in [1.165, 1.54) is 0 Å². The quantitative estimate of drug-likeness (QED) is 0.654. The normalized spacial score (nSPS) is 20.2. The lowest BCUT2D eigenvalue weighted by molar-refractivity contribution is 0.0367. The third kappa shape index (κ3) is 2.31. The van der Waals surface area contributed by atoms with Gasteiger partial charge in [-0.2, -0.15) is 5.10 Å². The van der Waals surface area contributed by atoms with E-state index < -0.39 is 5.66 Å². The van der Waals surface area contributed by atoms with Gasteiger partial charge in [0.2, 0.25) is 0 Å². The third-order valence-corrected chi connectivity index (χ3v) is 5.97. The zero-order valence-corrected chi connectivity index (χ0v) is 16.7. The number of aromatic nitrogens is 3. The lowest BCUT2D eigenvalue weighted by atomic mass is 9.91. The fourth-order valence-electron chi connectivity index (χ4n) is 4.56. The number of carbonyl (C=O) groups is 2. The van der Waals surface area contributed by atoms with Gasteiger partial charge in [-0.15, -0.1) is 0 Å². The molecule has 1 aromatic carbocycles. The Labute approximate surface area is 172 Å². The van der Waals surface area contributed by atoms with Gasteiger partial charge in [0.05, 0.1) is 11.3 Å². The number of nitrogens with zero attached hydrogens (tertiary/aromatic N) is 5. The molecular formula is C21H18ClN5O2. The van der Waals surface area contributed by atoms with Crippen LogP contribution in [0.5, 0.6) is 0 Å². The van der Waals surface area contributed by atoms with Gasteiger partial charge in [0.1, 0.15) is 5.69 Å². The maximum absolute atomic E-state index is 13.7. The minimum absolute atomic E-state index is 0.103. The number of amides is 2. The van der Waals surface area contributed by atoms with Crippen molar-refractivity contribution in [3.05, 3.63) is 81.9 Å². The number of fused-ring (bicyclic) bond motifs is 3. The number of benzene rings is 1. The van der Waals surface area contributed by atoms with Gasteiger partial charge in [-0.25, -0.2) is 0 Å². The van der Waals surface area contributed by atoms with Crippen LogP contribution < -0.4 is 0 Å². The Kier molecular flexibility index (Phi) is 3.79. The Morgan fingerprint density at radius 1 is 1.17 bits per heavy atom. The van der Waals surface area contributed by atoms with E-state index in [-0.39, 0.29) is 11.8 Å². The van der Waals surface area contributed by atoms with Crippen LogP contribution in [0.3, 0.4) is 0 Å². The lowest BCUT2D eigenvalue weighted by Crippen LogP contribution is -2.51. The highest BCUT2D eigenvalue weighted by Gasteiger charge is 2.60. The van der Waals surface area contributed by atoms with E-state index in [2.05, 4.69) is 10.1 Å². The first-order chi connectivity index (χ1) is 13.9. The molecule has 1 atom stereocenters. The molecule has 1 fully saturated rings. The first kappa shape index (κ1) is 17.9. The maximum atomic E-state index is 13.7. The van der Waals surface area contributed by atoms with Crippen LogP contribution in [0, 0.1) is 6.92 Å². The summed E-state index contributed by atoms with van der Waals surface area (Å²) in [5, 5.41) is 4.90. The van der Waals surface area contributed by atoms with Gasteiger partial charge < -0.3 is 9.80 Å². The van der Waals surface area contributed by atoms with E-state index >= 15 is 0 Å². The first-order valence-electron chi connectivity index (χ1n) is 9.29. The van der Waals surface area contributed by atoms with Crippen molar-refractivity contribution in [2.24, 2.45) is 7.05 Å². The number of halogens is 1. The fourth-order valence-corrected chi connectivity index (χ4v) is 4.69. The molecule has 2 amide bonds. The highest BCUT2D eigenvalue weighted by molar-refractivity contribution is 6.30. The Bertz CT molecular complexity index is 1160. The van der Waals surface area contributed by atoms with Crippen molar-refractivity contribution < 1.29 is 9.59 Å². The molecule has 0 aliphatic carbocycles. The van der Waals surface area contributed by atoms with Gasteiger partial charge in [0.15, 0.2) is 5.66 Å². The Morgan fingerprint density at radius 3 is 2.62 bits per heavy atom. The molecule has 0 saturated carbocycles. The second-order valence-electron chi connectivity index (χ2n) is 7.31. The number of aryl methyl sites for hydroxylation is 2. The van der Waals surface area contributed by atoms with E-state index in [0.29, 0.717) is 34.9 Å². The predicted molar refractivity (Wildman–Crippen MR) is 106 cm³/mol. The van der Waals surface area contributed by atoms with Crippen molar-refractivity contribution in [1.29, 1.82) is 0 Å². The van der Waals surface area contributed by atoms with Crippen molar-refractivity contribution in [2.75, 3.05) is 13.1 Å². The predicted octanol–water partition coefficient (Wildman–Crippen LogP) is 2.59. The van der Waals surface area contributed by atoms with Gasteiger partial charge in [-0.3, -0.25) is 19.3 Å². The van der Waals surface area contributed by atoms with E-state index in [1.54, 1.807) is 58.2 Å². The topological polar surface area (TPSA) is 71.3 Å².